The zero-order valence-electron chi connectivity index (χ0n) is 48.3. The molecular formula is C65H129NO5. The normalized spacial score (nSPS) is 13.6. The van der Waals surface area contributed by atoms with Gasteiger partial charge in [0.1, 0.15) is 12.2 Å². The van der Waals surface area contributed by atoms with E-state index in [1.165, 1.54) is 302 Å². The summed E-state index contributed by atoms with van der Waals surface area (Å²) in [5, 5.41) is 44.2. The Morgan fingerprint density at radius 1 is 0.338 bits per heavy atom. The highest BCUT2D eigenvalue weighted by molar-refractivity contribution is 5.80. The Morgan fingerprint density at radius 3 is 0.817 bits per heavy atom. The quantitative estimate of drug-likeness (QED) is 0.0308. The highest BCUT2D eigenvalue weighted by Crippen LogP contribution is 2.19. The van der Waals surface area contributed by atoms with Gasteiger partial charge in [-0.05, 0) is 38.5 Å². The van der Waals surface area contributed by atoms with Crippen molar-refractivity contribution >= 4 is 5.91 Å². The maximum Gasteiger partial charge on any atom is 0.249 e. The molecule has 6 heteroatoms. The molecule has 0 aromatic carbocycles. The highest BCUT2D eigenvalue weighted by Gasteiger charge is 2.28. The number of rotatable bonds is 61. The molecule has 0 aromatic rings. The second-order valence-corrected chi connectivity index (χ2v) is 22.8. The van der Waals surface area contributed by atoms with Crippen LogP contribution in [-0.4, -0.2) is 57.3 Å². The average Bonchev–Trinajstić information content (AvgIpc) is 3.38. The fraction of sp³-hybridized carbons (Fsp3) is 0.954. The molecule has 0 aliphatic heterocycles. The van der Waals surface area contributed by atoms with Crippen molar-refractivity contribution in [1.82, 2.24) is 5.32 Å². The van der Waals surface area contributed by atoms with Gasteiger partial charge in [0.15, 0.2) is 0 Å². The third kappa shape index (κ3) is 53.7. The molecule has 0 radical (unpaired) electrons. The van der Waals surface area contributed by atoms with Gasteiger partial charge in [-0.2, -0.15) is 0 Å². The molecule has 4 unspecified atom stereocenters. The number of unbranched alkanes of at least 4 members (excludes halogenated alkanes) is 50. The second-order valence-electron chi connectivity index (χ2n) is 22.8. The van der Waals surface area contributed by atoms with Crippen LogP contribution in [0.4, 0.5) is 0 Å². The predicted octanol–water partition coefficient (Wildman–Crippen LogP) is 19.6. The summed E-state index contributed by atoms with van der Waals surface area (Å²) in [7, 11) is 0. The number of aliphatic hydroxyl groups excluding tert-OH is 4. The third-order valence-corrected chi connectivity index (χ3v) is 15.7. The van der Waals surface area contributed by atoms with E-state index >= 15 is 0 Å². The van der Waals surface area contributed by atoms with Crippen LogP contribution in [0.1, 0.15) is 367 Å². The van der Waals surface area contributed by atoms with Gasteiger partial charge in [0, 0.05) is 0 Å². The van der Waals surface area contributed by atoms with Crippen LogP contribution >= 0.6 is 0 Å². The van der Waals surface area contributed by atoms with E-state index in [9.17, 15) is 25.2 Å². The van der Waals surface area contributed by atoms with E-state index < -0.39 is 36.9 Å². The number of carbonyl (C=O) groups is 1. The van der Waals surface area contributed by atoms with Crippen LogP contribution in [0.25, 0.3) is 0 Å². The number of allylic oxidation sites excluding steroid dienone is 2. The zero-order valence-corrected chi connectivity index (χ0v) is 48.3. The molecular weight excluding hydrogens is 875 g/mol. The fourth-order valence-electron chi connectivity index (χ4n) is 10.6. The second kappa shape index (κ2) is 59.9. The van der Waals surface area contributed by atoms with Crippen molar-refractivity contribution in [2.24, 2.45) is 0 Å². The predicted molar refractivity (Wildman–Crippen MR) is 311 cm³/mol. The van der Waals surface area contributed by atoms with Crippen molar-refractivity contribution in [1.29, 1.82) is 0 Å². The standard InChI is InChI=1S/C65H129NO5/c1-3-5-7-9-11-13-15-17-19-21-23-25-27-29-31-33-35-37-39-41-43-45-47-49-51-53-55-57-59-63(69)65(71)66-61(60-67)64(70)62(68)58-56-54-52-50-48-46-44-42-40-38-36-34-32-30-28-26-24-22-20-18-16-14-12-10-8-6-4-2/h29,31,61-64,67-70H,3-28,30,32-60H2,1-2H3,(H,66,71)/b31-29-. The number of amides is 1. The summed E-state index contributed by atoms with van der Waals surface area (Å²) in [6.45, 7) is 4.11. The Kier molecular flexibility index (Phi) is 59.1. The lowest BCUT2D eigenvalue weighted by Crippen LogP contribution is -2.53. The van der Waals surface area contributed by atoms with Crippen LogP contribution in [0.2, 0.25) is 0 Å². The SMILES string of the molecule is CCCCCCCCCCCCCC/C=C\CCCCCCCCCCCCCCC(O)C(=O)NC(CO)C(O)C(O)CCCCCCCCCCCCCCCCCCCCCCCCCCCCC. The molecule has 0 heterocycles. The van der Waals surface area contributed by atoms with Crippen LogP contribution < -0.4 is 5.32 Å². The van der Waals surface area contributed by atoms with Crippen molar-refractivity contribution in [3.05, 3.63) is 12.2 Å². The molecule has 0 saturated carbocycles. The molecule has 1 amide bonds. The van der Waals surface area contributed by atoms with E-state index in [-0.39, 0.29) is 0 Å². The Morgan fingerprint density at radius 2 is 0.563 bits per heavy atom. The van der Waals surface area contributed by atoms with E-state index in [4.69, 9.17) is 0 Å². The smallest absolute Gasteiger partial charge is 0.249 e. The topological polar surface area (TPSA) is 110 Å². The van der Waals surface area contributed by atoms with Crippen molar-refractivity contribution in [2.75, 3.05) is 6.61 Å². The maximum absolute atomic E-state index is 12.6. The summed E-state index contributed by atoms with van der Waals surface area (Å²) in [6.07, 6.45) is 73.1. The number of nitrogens with one attached hydrogen (secondary N) is 1. The van der Waals surface area contributed by atoms with Crippen LogP contribution in [0, 0.1) is 0 Å². The summed E-state index contributed by atoms with van der Waals surface area (Å²) in [6, 6.07) is -0.984. The largest absolute Gasteiger partial charge is 0.394 e. The molecule has 5 N–H and O–H groups in total. The Hall–Kier alpha value is -0.950. The molecule has 71 heavy (non-hydrogen) atoms. The molecule has 6 nitrogen and oxygen atoms in total. The average molecular weight is 1000 g/mol. The van der Waals surface area contributed by atoms with Gasteiger partial charge in [-0.25, -0.2) is 0 Å². The fourth-order valence-corrected chi connectivity index (χ4v) is 10.6. The minimum Gasteiger partial charge on any atom is -0.394 e. The van der Waals surface area contributed by atoms with E-state index in [2.05, 4.69) is 31.3 Å². The highest BCUT2D eigenvalue weighted by atomic mass is 16.3. The lowest BCUT2D eigenvalue weighted by molar-refractivity contribution is -0.132. The van der Waals surface area contributed by atoms with Crippen molar-refractivity contribution in [3.8, 4) is 0 Å². The number of carbonyl (C=O) groups excluding carboxylic acids is 1. The molecule has 0 aliphatic rings. The summed E-state index contributed by atoms with van der Waals surface area (Å²) in [4.78, 5) is 12.6. The third-order valence-electron chi connectivity index (χ3n) is 15.7. The number of hydrogen-bond acceptors (Lipinski definition) is 5. The van der Waals surface area contributed by atoms with Gasteiger partial charge in [0.05, 0.1) is 18.8 Å². The van der Waals surface area contributed by atoms with Gasteiger partial charge < -0.3 is 25.7 Å². The number of hydrogen-bond donors (Lipinski definition) is 5. The molecule has 0 fully saturated rings. The Bertz CT molecular complexity index is 1040. The Labute approximate surface area is 444 Å². The van der Waals surface area contributed by atoms with E-state index in [0.29, 0.717) is 12.8 Å². The van der Waals surface area contributed by atoms with Gasteiger partial charge in [-0.15, -0.1) is 0 Å². The molecule has 0 bridgehead atoms. The summed E-state index contributed by atoms with van der Waals surface area (Å²) in [5.41, 5.74) is 0. The van der Waals surface area contributed by atoms with E-state index in [1.807, 2.05) is 0 Å². The van der Waals surface area contributed by atoms with E-state index in [1.54, 1.807) is 0 Å². The lowest BCUT2D eigenvalue weighted by atomic mass is 9.99. The summed E-state index contributed by atoms with van der Waals surface area (Å²) >= 11 is 0. The van der Waals surface area contributed by atoms with Crippen LogP contribution in [0.15, 0.2) is 12.2 Å². The molecule has 0 saturated heterocycles. The first-order chi connectivity index (χ1) is 35.0. The van der Waals surface area contributed by atoms with Crippen molar-refractivity contribution < 1.29 is 25.2 Å². The minimum absolute atomic E-state index is 0.372. The van der Waals surface area contributed by atoms with Crippen LogP contribution in [-0.2, 0) is 4.79 Å². The first kappa shape index (κ1) is 70.1. The van der Waals surface area contributed by atoms with Crippen LogP contribution in [0.3, 0.4) is 0 Å². The first-order valence-electron chi connectivity index (χ1n) is 32.6. The monoisotopic (exact) mass is 1000 g/mol. The van der Waals surface area contributed by atoms with Crippen molar-refractivity contribution in [2.45, 2.75) is 391 Å². The molecule has 0 spiro atoms. The molecule has 4 atom stereocenters. The maximum atomic E-state index is 12.6. The van der Waals surface area contributed by atoms with Gasteiger partial charge in [0.2, 0.25) is 5.91 Å². The van der Waals surface area contributed by atoms with Gasteiger partial charge in [0.25, 0.3) is 0 Å². The van der Waals surface area contributed by atoms with Crippen LogP contribution in [0.5, 0.6) is 0 Å². The summed E-state index contributed by atoms with van der Waals surface area (Å²) < 4.78 is 0. The van der Waals surface area contributed by atoms with Gasteiger partial charge in [-0.3, -0.25) is 4.79 Å². The lowest BCUT2D eigenvalue weighted by Gasteiger charge is -2.27. The Balaban J connectivity index is 3.55. The first-order valence-corrected chi connectivity index (χ1v) is 32.6. The van der Waals surface area contributed by atoms with E-state index in [0.717, 1.165) is 38.5 Å². The molecule has 0 rings (SSSR count). The number of aliphatic hydroxyl groups is 4. The minimum atomic E-state index is -1.26. The molecule has 0 aromatic heterocycles. The summed E-state index contributed by atoms with van der Waals surface area (Å²) in [5.74, 6) is -0.577. The molecule has 424 valence electrons. The molecule has 0 aliphatic carbocycles. The van der Waals surface area contributed by atoms with Gasteiger partial charge in [-0.1, -0.05) is 341 Å². The van der Waals surface area contributed by atoms with Gasteiger partial charge >= 0.3 is 0 Å². The zero-order chi connectivity index (χ0) is 51.6. The van der Waals surface area contributed by atoms with Crippen molar-refractivity contribution in [3.63, 3.8) is 0 Å².